The number of carbonyl (C=O) groups is 3. The van der Waals surface area contributed by atoms with Gasteiger partial charge in [0.2, 0.25) is 5.91 Å². The van der Waals surface area contributed by atoms with Gasteiger partial charge >= 0.3 is 5.97 Å². The zero-order chi connectivity index (χ0) is 15.7. The van der Waals surface area contributed by atoms with Crippen LogP contribution in [0.2, 0.25) is 0 Å². The second-order valence-corrected chi connectivity index (χ2v) is 4.89. The number of nitrogens with one attached hydrogen (secondary N) is 1. The molecule has 0 aromatic heterocycles. The number of benzene rings is 1. The Balaban J connectivity index is 2.33. The van der Waals surface area contributed by atoms with Gasteiger partial charge in [-0.05, 0) is 12.8 Å². The van der Waals surface area contributed by atoms with Crippen molar-refractivity contribution >= 4 is 17.7 Å². The molecule has 0 fully saturated rings. The van der Waals surface area contributed by atoms with Crippen molar-refractivity contribution < 1.29 is 19.5 Å². The Morgan fingerprint density at radius 3 is 2.38 bits per heavy atom. The molecule has 0 saturated heterocycles. The summed E-state index contributed by atoms with van der Waals surface area (Å²) < 4.78 is 0. The maximum Gasteiger partial charge on any atom is 0.326 e. The number of ketones is 1. The van der Waals surface area contributed by atoms with Gasteiger partial charge in [0.15, 0.2) is 5.78 Å². The van der Waals surface area contributed by atoms with Gasteiger partial charge in [0, 0.05) is 18.4 Å². The third-order valence-corrected chi connectivity index (χ3v) is 3.11. The molecule has 21 heavy (non-hydrogen) atoms. The Morgan fingerprint density at radius 2 is 1.81 bits per heavy atom. The zero-order valence-corrected chi connectivity index (χ0v) is 12.2. The summed E-state index contributed by atoms with van der Waals surface area (Å²) in [6, 6.07) is 8.06. The van der Waals surface area contributed by atoms with Gasteiger partial charge in [-0.15, -0.1) is 0 Å². The highest BCUT2D eigenvalue weighted by Crippen LogP contribution is 2.07. The third kappa shape index (κ3) is 6.21. The lowest BCUT2D eigenvalue weighted by Crippen LogP contribution is -2.40. The van der Waals surface area contributed by atoms with Crippen molar-refractivity contribution in [1.29, 1.82) is 0 Å². The van der Waals surface area contributed by atoms with E-state index in [1.807, 2.05) is 13.0 Å². The van der Waals surface area contributed by atoms with E-state index in [1.165, 1.54) is 0 Å². The van der Waals surface area contributed by atoms with Gasteiger partial charge in [-0.25, -0.2) is 4.79 Å². The SMILES string of the molecule is CCCC(NC(=O)CCCC(=O)c1ccccc1)C(=O)O. The van der Waals surface area contributed by atoms with E-state index in [2.05, 4.69) is 5.32 Å². The summed E-state index contributed by atoms with van der Waals surface area (Å²) in [5.74, 6) is -1.35. The van der Waals surface area contributed by atoms with Crippen molar-refractivity contribution in [2.45, 2.75) is 45.1 Å². The van der Waals surface area contributed by atoms with Crippen LogP contribution in [0.4, 0.5) is 0 Å². The molecule has 1 rings (SSSR count). The fraction of sp³-hybridized carbons (Fsp3) is 0.438. The van der Waals surface area contributed by atoms with Gasteiger partial charge in [-0.2, -0.15) is 0 Å². The number of amides is 1. The quantitative estimate of drug-likeness (QED) is 0.684. The van der Waals surface area contributed by atoms with Crippen LogP contribution in [0.5, 0.6) is 0 Å². The molecule has 1 aromatic rings. The van der Waals surface area contributed by atoms with Gasteiger partial charge < -0.3 is 10.4 Å². The largest absolute Gasteiger partial charge is 0.480 e. The highest BCUT2D eigenvalue weighted by Gasteiger charge is 2.18. The average Bonchev–Trinajstić information content (AvgIpc) is 2.47. The Morgan fingerprint density at radius 1 is 1.14 bits per heavy atom. The summed E-state index contributed by atoms with van der Waals surface area (Å²) in [5, 5.41) is 11.4. The van der Waals surface area contributed by atoms with Crippen molar-refractivity contribution in [1.82, 2.24) is 5.32 Å². The number of aliphatic carboxylic acids is 1. The average molecular weight is 291 g/mol. The minimum atomic E-state index is -1.02. The van der Waals surface area contributed by atoms with Crippen molar-refractivity contribution in [3.63, 3.8) is 0 Å². The van der Waals surface area contributed by atoms with Gasteiger partial charge in [0.05, 0.1) is 0 Å². The first kappa shape index (κ1) is 16.9. The van der Waals surface area contributed by atoms with E-state index in [9.17, 15) is 14.4 Å². The molecule has 0 radical (unpaired) electrons. The van der Waals surface area contributed by atoms with Gasteiger partial charge in [0.1, 0.15) is 6.04 Å². The number of carboxylic acids is 1. The molecule has 0 saturated carbocycles. The molecule has 2 N–H and O–H groups in total. The number of hydrogen-bond acceptors (Lipinski definition) is 3. The van der Waals surface area contributed by atoms with Crippen LogP contribution in [0.15, 0.2) is 30.3 Å². The predicted octanol–water partition coefficient (Wildman–Crippen LogP) is 2.41. The van der Waals surface area contributed by atoms with Crippen LogP contribution in [0.3, 0.4) is 0 Å². The topological polar surface area (TPSA) is 83.5 Å². The highest BCUT2D eigenvalue weighted by atomic mass is 16.4. The van der Waals surface area contributed by atoms with Gasteiger partial charge in [-0.1, -0.05) is 43.7 Å². The van der Waals surface area contributed by atoms with E-state index in [0.29, 0.717) is 24.8 Å². The Kier molecular flexibility index (Phi) is 7.15. The molecule has 114 valence electrons. The van der Waals surface area contributed by atoms with Crippen molar-refractivity contribution in [3.8, 4) is 0 Å². The highest BCUT2D eigenvalue weighted by molar-refractivity contribution is 5.96. The monoisotopic (exact) mass is 291 g/mol. The Labute approximate surface area is 124 Å². The number of rotatable bonds is 9. The smallest absolute Gasteiger partial charge is 0.326 e. The van der Waals surface area contributed by atoms with Crippen LogP contribution in [0.25, 0.3) is 0 Å². The van der Waals surface area contributed by atoms with E-state index in [-0.39, 0.29) is 24.5 Å². The normalized spacial score (nSPS) is 11.7. The summed E-state index contributed by atoms with van der Waals surface area (Å²) in [6.45, 7) is 1.86. The predicted molar refractivity (Wildman–Crippen MR) is 79.1 cm³/mol. The number of carboxylic acid groups (broad SMARTS) is 1. The third-order valence-electron chi connectivity index (χ3n) is 3.11. The van der Waals surface area contributed by atoms with Crippen LogP contribution < -0.4 is 5.32 Å². The minimum absolute atomic E-state index is 0.00765. The standard InChI is InChI=1S/C16H21NO4/c1-2-7-13(16(20)21)17-15(19)11-6-10-14(18)12-8-4-3-5-9-12/h3-5,8-9,13H,2,6-7,10-11H2,1H3,(H,17,19)(H,20,21). The minimum Gasteiger partial charge on any atom is -0.480 e. The van der Waals surface area contributed by atoms with Crippen LogP contribution >= 0.6 is 0 Å². The van der Waals surface area contributed by atoms with E-state index >= 15 is 0 Å². The Hall–Kier alpha value is -2.17. The van der Waals surface area contributed by atoms with Crippen LogP contribution in [0.1, 0.15) is 49.4 Å². The lowest BCUT2D eigenvalue weighted by atomic mass is 10.1. The molecule has 0 heterocycles. The van der Waals surface area contributed by atoms with Crippen LogP contribution in [-0.2, 0) is 9.59 Å². The molecule has 1 unspecified atom stereocenters. The number of Topliss-reactive ketones (excluding diaryl/α,β-unsaturated/α-hetero) is 1. The summed E-state index contributed by atoms with van der Waals surface area (Å²) in [4.78, 5) is 34.4. The molecule has 5 heteroatoms. The van der Waals surface area contributed by atoms with E-state index in [4.69, 9.17) is 5.11 Å². The van der Waals surface area contributed by atoms with Gasteiger partial charge in [0.25, 0.3) is 0 Å². The van der Waals surface area contributed by atoms with Crippen molar-refractivity contribution in [2.75, 3.05) is 0 Å². The van der Waals surface area contributed by atoms with Crippen molar-refractivity contribution in [3.05, 3.63) is 35.9 Å². The molecule has 0 aliphatic carbocycles. The van der Waals surface area contributed by atoms with E-state index in [1.54, 1.807) is 24.3 Å². The summed E-state index contributed by atoms with van der Waals surface area (Å²) in [6.07, 6.45) is 1.95. The summed E-state index contributed by atoms with van der Waals surface area (Å²) in [7, 11) is 0. The van der Waals surface area contributed by atoms with Crippen LogP contribution in [0, 0.1) is 0 Å². The number of hydrogen-bond donors (Lipinski definition) is 2. The first-order chi connectivity index (χ1) is 10.0. The maximum absolute atomic E-state index is 11.8. The molecule has 5 nitrogen and oxygen atoms in total. The van der Waals surface area contributed by atoms with Gasteiger partial charge in [-0.3, -0.25) is 9.59 Å². The second-order valence-electron chi connectivity index (χ2n) is 4.89. The molecule has 1 aromatic carbocycles. The van der Waals surface area contributed by atoms with E-state index in [0.717, 1.165) is 0 Å². The lowest BCUT2D eigenvalue weighted by Gasteiger charge is -2.13. The molecule has 0 aliphatic rings. The molecule has 0 spiro atoms. The molecule has 0 bridgehead atoms. The van der Waals surface area contributed by atoms with E-state index < -0.39 is 12.0 Å². The first-order valence-electron chi connectivity index (χ1n) is 7.15. The summed E-state index contributed by atoms with van der Waals surface area (Å²) in [5.41, 5.74) is 0.632. The van der Waals surface area contributed by atoms with Crippen LogP contribution in [-0.4, -0.2) is 28.8 Å². The Bertz CT molecular complexity index is 484. The molecule has 1 amide bonds. The first-order valence-corrected chi connectivity index (χ1v) is 7.15. The van der Waals surface area contributed by atoms with Crippen molar-refractivity contribution in [2.24, 2.45) is 0 Å². The fourth-order valence-corrected chi connectivity index (χ4v) is 1.99. The number of carbonyl (C=O) groups excluding carboxylic acids is 2. The zero-order valence-electron chi connectivity index (χ0n) is 12.2. The molecular weight excluding hydrogens is 270 g/mol. The summed E-state index contributed by atoms with van der Waals surface area (Å²) >= 11 is 0. The molecular formula is C16H21NO4. The maximum atomic E-state index is 11.8. The fourth-order valence-electron chi connectivity index (χ4n) is 1.99. The molecule has 1 atom stereocenters. The molecule has 0 aliphatic heterocycles. The lowest BCUT2D eigenvalue weighted by molar-refractivity contribution is -0.142. The second kappa shape index (κ2) is 8.89.